The first-order valence-electron chi connectivity index (χ1n) is 6.08. The van der Waals surface area contributed by atoms with E-state index in [4.69, 9.17) is 4.74 Å². The maximum atomic E-state index is 13.9. The summed E-state index contributed by atoms with van der Waals surface area (Å²) in [6.45, 7) is 1.95. The van der Waals surface area contributed by atoms with Crippen LogP contribution in [0.5, 0.6) is 11.5 Å². The van der Waals surface area contributed by atoms with Crippen LogP contribution >= 0.6 is 0 Å². The molecule has 2 aromatic rings. The molecule has 0 atom stereocenters. The maximum Gasteiger partial charge on any atom is 0.198 e. The van der Waals surface area contributed by atoms with Gasteiger partial charge < -0.3 is 10.1 Å². The molecule has 0 saturated carbocycles. The molecule has 0 spiro atoms. The van der Waals surface area contributed by atoms with E-state index in [2.05, 4.69) is 5.32 Å². The quantitative estimate of drug-likeness (QED) is 0.917. The zero-order valence-electron chi connectivity index (χ0n) is 11.1. The molecule has 1 N–H and O–H groups in total. The summed E-state index contributed by atoms with van der Waals surface area (Å²) in [5, 5.41) is 2.81. The summed E-state index contributed by atoms with van der Waals surface area (Å²) in [5.41, 5.74) is 0.939. The van der Waals surface area contributed by atoms with Crippen LogP contribution in [0, 0.1) is 24.4 Å². The van der Waals surface area contributed by atoms with Gasteiger partial charge >= 0.3 is 0 Å². The van der Waals surface area contributed by atoms with Crippen molar-refractivity contribution in [2.75, 3.05) is 7.05 Å². The van der Waals surface area contributed by atoms with E-state index in [9.17, 15) is 13.2 Å². The minimum Gasteiger partial charge on any atom is -0.451 e. The number of halogens is 3. The topological polar surface area (TPSA) is 21.3 Å². The third-order valence-electron chi connectivity index (χ3n) is 2.79. The third-order valence-corrected chi connectivity index (χ3v) is 2.79. The molecular formula is C15H14F3NO. The van der Waals surface area contributed by atoms with Crippen LogP contribution in [0.15, 0.2) is 30.3 Å². The summed E-state index contributed by atoms with van der Waals surface area (Å²) in [7, 11) is 1.68. The molecule has 0 radical (unpaired) electrons. The largest absolute Gasteiger partial charge is 0.451 e. The lowest BCUT2D eigenvalue weighted by Crippen LogP contribution is -2.06. The van der Waals surface area contributed by atoms with Gasteiger partial charge in [-0.05, 0) is 55.4 Å². The summed E-state index contributed by atoms with van der Waals surface area (Å²) in [5.74, 6) is -2.29. The van der Waals surface area contributed by atoms with Gasteiger partial charge in [0, 0.05) is 6.54 Å². The SMILES string of the molecule is CNCc1cc(F)c(Oc2ccc(F)cc2C)c(F)c1. The van der Waals surface area contributed by atoms with Gasteiger partial charge in [0.05, 0.1) is 0 Å². The Morgan fingerprint density at radius 2 is 1.70 bits per heavy atom. The molecule has 0 aromatic heterocycles. The summed E-state index contributed by atoms with van der Waals surface area (Å²) in [6, 6.07) is 6.15. The van der Waals surface area contributed by atoms with Gasteiger partial charge in [0.15, 0.2) is 17.4 Å². The van der Waals surface area contributed by atoms with E-state index in [0.29, 0.717) is 17.7 Å². The Labute approximate surface area is 115 Å². The van der Waals surface area contributed by atoms with Crippen molar-refractivity contribution >= 4 is 0 Å². The Morgan fingerprint density at radius 1 is 1.05 bits per heavy atom. The van der Waals surface area contributed by atoms with E-state index in [1.807, 2.05) is 0 Å². The molecule has 20 heavy (non-hydrogen) atoms. The number of nitrogens with one attached hydrogen (secondary N) is 1. The second-order valence-electron chi connectivity index (χ2n) is 4.43. The average Bonchev–Trinajstić information content (AvgIpc) is 2.36. The first kappa shape index (κ1) is 14.4. The zero-order valence-corrected chi connectivity index (χ0v) is 11.1. The fourth-order valence-electron chi connectivity index (χ4n) is 1.85. The Balaban J connectivity index is 2.33. The van der Waals surface area contributed by atoms with Crippen LogP contribution in [0.3, 0.4) is 0 Å². The molecule has 2 aromatic carbocycles. The van der Waals surface area contributed by atoms with Gasteiger partial charge in [-0.25, -0.2) is 13.2 Å². The highest BCUT2D eigenvalue weighted by Crippen LogP contribution is 2.30. The fourth-order valence-corrected chi connectivity index (χ4v) is 1.85. The second kappa shape index (κ2) is 5.96. The average molecular weight is 281 g/mol. The van der Waals surface area contributed by atoms with Gasteiger partial charge in [0.25, 0.3) is 0 Å². The summed E-state index contributed by atoms with van der Waals surface area (Å²) >= 11 is 0. The van der Waals surface area contributed by atoms with Crippen molar-refractivity contribution in [3.8, 4) is 11.5 Å². The van der Waals surface area contributed by atoms with Crippen molar-refractivity contribution in [3.05, 3.63) is 58.9 Å². The lowest BCUT2D eigenvalue weighted by atomic mass is 10.2. The molecule has 0 aliphatic heterocycles. The Morgan fingerprint density at radius 3 is 2.25 bits per heavy atom. The lowest BCUT2D eigenvalue weighted by molar-refractivity contribution is 0.403. The highest BCUT2D eigenvalue weighted by molar-refractivity contribution is 5.39. The number of hydrogen-bond donors (Lipinski definition) is 1. The van der Waals surface area contributed by atoms with Crippen LogP contribution in [0.2, 0.25) is 0 Å². The minimum atomic E-state index is -0.793. The van der Waals surface area contributed by atoms with Gasteiger partial charge in [-0.15, -0.1) is 0 Å². The molecule has 0 heterocycles. The van der Waals surface area contributed by atoms with Gasteiger partial charge in [0.1, 0.15) is 11.6 Å². The molecule has 5 heteroatoms. The first-order valence-corrected chi connectivity index (χ1v) is 6.08. The molecule has 0 aliphatic carbocycles. The molecular weight excluding hydrogens is 267 g/mol. The van der Waals surface area contributed by atoms with Crippen molar-refractivity contribution in [1.82, 2.24) is 5.32 Å². The maximum absolute atomic E-state index is 13.9. The minimum absolute atomic E-state index is 0.213. The van der Waals surface area contributed by atoms with Gasteiger partial charge in [-0.2, -0.15) is 0 Å². The van der Waals surface area contributed by atoms with Crippen molar-refractivity contribution in [1.29, 1.82) is 0 Å². The molecule has 0 amide bonds. The van der Waals surface area contributed by atoms with Gasteiger partial charge in [-0.1, -0.05) is 0 Å². The van der Waals surface area contributed by atoms with Crippen molar-refractivity contribution in [2.45, 2.75) is 13.5 Å². The van der Waals surface area contributed by atoms with E-state index in [-0.39, 0.29) is 5.75 Å². The van der Waals surface area contributed by atoms with E-state index >= 15 is 0 Å². The Bertz CT molecular complexity index is 606. The Kier molecular flexibility index (Phi) is 4.29. The molecule has 0 bridgehead atoms. The van der Waals surface area contributed by atoms with Crippen LogP contribution in [-0.4, -0.2) is 7.05 Å². The van der Waals surface area contributed by atoms with E-state index < -0.39 is 23.2 Å². The predicted molar refractivity (Wildman–Crippen MR) is 70.3 cm³/mol. The smallest absolute Gasteiger partial charge is 0.198 e. The van der Waals surface area contributed by atoms with E-state index in [1.54, 1.807) is 14.0 Å². The van der Waals surface area contributed by atoms with Crippen LogP contribution in [0.25, 0.3) is 0 Å². The van der Waals surface area contributed by atoms with Gasteiger partial charge in [0.2, 0.25) is 0 Å². The number of hydrogen-bond acceptors (Lipinski definition) is 2. The fraction of sp³-hybridized carbons (Fsp3) is 0.200. The van der Waals surface area contributed by atoms with Crippen molar-refractivity contribution in [2.24, 2.45) is 0 Å². The first-order chi connectivity index (χ1) is 9.51. The highest BCUT2D eigenvalue weighted by atomic mass is 19.1. The standard InChI is InChI=1S/C15H14F3NO/c1-9-5-11(16)3-4-14(9)20-15-12(17)6-10(8-19-2)7-13(15)18/h3-7,19H,8H2,1-2H3. The van der Waals surface area contributed by atoms with Crippen LogP contribution in [0.4, 0.5) is 13.2 Å². The summed E-state index contributed by atoms with van der Waals surface area (Å²) in [6.07, 6.45) is 0. The van der Waals surface area contributed by atoms with E-state index in [1.165, 1.54) is 30.3 Å². The highest BCUT2D eigenvalue weighted by Gasteiger charge is 2.14. The van der Waals surface area contributed by atoms with Crippen LogP contribution < -0.4 is 10.1 Å². The molecule has 106 valence electrons. The molecule has 0 saturated heterocycles. The van der Waals surface area contributed by atoms with E-state index in [0.717, 1.165) is 0 Å². The Hall–Kier alpha value is -2.01. The van der Waals surface area contributed by atoms with Crippen molar-refractivity contribution in [3.63, 3.8) is 0 Å². The number of rotatable bonds is 4. The molecule has 2 rings (SSSR count). The lowest BCUT2D eigenvalue weighted by Gasteiger charge is -2.11. The molecule has 0 unspecified atom stereocenters. The van der Waals surface area contributed by atoms with Gasteiger partial charge in [-0.3, -0.25) is 0 Å². The number of ether oxygens (including phenoxy) is 1. The normalized spacial score (nSPS) is 10.7. The van der Waals surface area contributed by atoms with Crippen LogP contribution in [-0.2, 0) is 6.54 Å². The van der Waals surface area contributed by atoms with Crippen LogP contribution in [0.1, 0.15) is 11.1 Å². The molecule has 0 fully saturated rings. The monoisotopic (exact) mass is 281 g/mol. The number of benzene rings is 2. The molecule has 2 nitrogen and oxygen atoms in total. The number of aryl methyl sites for hydroxylation is 1. The summed E-state index contributed by atoms with van der Waals surface area (Å²) < 4.78 is 45.9. The second-order valence-corrected chi connectivity index (χ2v) is 4.43. The summed E-state index contributed by atoms with van der Waals surface area (Å²) in [4.78, 5) is 0. The predicted octanol–water partition coefficient (Wildman–Crippen LogP) is 3.92. The third kappa shape index (κ3) is 3.11. The zero-order chi connectivity index (χ0) is 14.7. The van der Waals surface area contributed by atoms with Crippen molar-refractivity contribution < 1.29 is 17.9 Å². The molecule has 0 aliphatic rings.